The number of nitrogens with zero attached hydrogens (tertiary/aromatic N) is 3. The Labute approximate surface area is 112 Å². The van der Waals surface area contributed by atoms with Crippen LogP contribution in [-0.4, -0.2) is 21.6 Å². The molecule has 5 heteroatoms. The van der Waals surface area contributed by atoms with E-state index in [0.717, 1.165) is 44.2 Å². The number of thiophene rings is 1. The normalized spacial score (nSPS) is 11.3. The van der Waals surface area contributed by atoms with Crippen molar-refractivity contribution in [2.75, 3.05) is 6.54 Å². The number of aryl methyl sites for hydroxylation is 1. The van der Waals surface area contributed by atoms with E-state index in [1.807, 2.05) is 0 Å². The molecule has 2 aromatic rings. The third-order valence-electron chi connectivity index (χ3n) is 2.75. The summed E-state index contributed by atoms with van der Waals surface area (Å²) in [4.78, 5) is 8.07. The highest BCUT2D eigenvalue weighted by molar-refractivity contribution is 7.09. The molecule has 0 amide bonds. The minimum absolute atomic E-state index is 0.719. The molecule has 0 saturated heterocycles. The van der Waals surface area contributed by atoms with Crippen LogP contribution in [0.1, 0.15) is 36.9 Å². The molecule has 0 unspecified atom stereocenters. The maximum absolute atomic E-state index is 5.27. The zero-order valence-corrected chi connectivity index (χ0v) is 11.7. The van der Waals surface area contributed by atoms with Crippen LogP contribution in [0.3, 0.4) is 0 Å². The van der Waals surface area contributed by atoms with E-state index in [1.54, 1.807) is 11.3 Å². The summed E-state index contributed by atoms with van der Waals surface area (Å²) in [6, 6.07) is 4.24. The average molecular weight is 265 g/mol. The van der Waals surface area contributed by atoms with Crippen molar-refractivity contribution in [1.82, 2.24) is 15.0 Å². The van der Waals surface area contributed by atoms with Gasteiger partial charge in [-0.1, -0.05) is 25.1 Å². The Hall–Kier alpha value is -1.20. The van der Waals surface area contributed by atoms with Crippen molar-refractivity contribution in [3.63, 3.8) is 0 Å². The minimum atomic E-state index is 0.719. The Morgan fingerprint density at radius 3 is 2.89 bits per heavy atom. The van der Waals surface area contributed by atoms with Crippen molar-refractivity contribution in [1.29, 1.82) is 0 Å². The number of hydrogen-bond donors (Lipinski definition) is 0. The van der Waals surface area contributed by atoms with Gasteiger partial charge < -0.3 is 4.52 Å². The van der Waals surface area contributed by atoms with Crippen molar-refractivity contribution in [3.05, 3.63) is 34.1 Å². The molecule has 0 saturated carbocycles. The molecule has 2 rings (SSSR count). The summed E-state index contributed by atoms with van der Waals surface area (Å²) in [5.74, 6) is 1.54. The molecule has 0 fully saturated rings. The molecule has 2 heterocycles. The van der Waals surface area contributed by atoms with E-state index in [1.165, 1.54) is 4.88 Å². The van der Waals surface area contributed by atoms with Crippen LogP contribution in [0.15, 0.2) is 22.0 Å². The fraction of sp³-hybridized carbons (Fsp3) is 0.538. The second-order valence-corrected chi connectivity index (χ2v) is 5.27. The van der Waals surface area contributed by atoms with Crippen molar-refractivity contribution >= 4 is 11.3 Å². The van der Waals surface area contributed by atoms with Crippen molar-refractivity contribution < 1.29 is 4.52 Å². The summed E-state index contributed by atoms with van der Waals surface area (Å²) in [6.07, 6.45) is 1.94. The maximum atomic E-state index is 5.27. The van der Waals surface area contributed by atoms with Gasteiger partial charge in [0, 0.05) is 17.8 Å². The molecule has 0 bridgehead atoms. The lowest BCUT2D eigenvalue weighted by molar-refractivity contribution is 0.230. The van der Waals surface area contributed by atoms with Gasteiger partial charge in [-0.25, -0.2) is 0 Å². The summed E-state index contributed by atoms with van der Waals surface area (Å²) < 4.78 is 5.27. The molecular formula is C13H19N3OS. The minimum Gasteiger partial charge on any atom is -0.338 e. The molecule has 4 nitrogen and oxygen atoms in total. The lowest BCUT2D eigenvalue weighted by Gasteiger charge is -2.16. The van der Waals surface area contributed by atoms with E-state index in [-0.39, 0.29) is 0 Å². The topological polar surface area (TPSA) is 42.2 Å². The maximum Gasteiger partial charge on any atom is 0.240 e. The molecule has 0 N–H and O–H groups in total. The van der Waals surface area contributed by atoms with E-state index < -0.39 is 0 Å². The Balaban J connectivity index is 1.92. The van der Waals surface area contributed by atoms with Gasteiger partial charge in [0.15, 0.2) is 5.82 Å². The number of hydrogen-bond acceptors (Lipinski definition) is 5. The highest BCUT2D eigenvalue weighted by atomic mass is 32.1. The molecule has 2 aromatic heterocycles. The summed E-state index contributed by atoms with van der Waals surface area (Å²) >= 11 is 1.78. The van der Waals surface area contributed by atoms with Crippen LogP contribution >= 0.6 is 11.3 Å². The molecule has 0 atom stereocenters. The lowest BCUT2D eigenvalue weighted by Crippen LogP contribution is -2.22. The molecule has 0 radical (unpaired) electrons. The quantitative estimate of drug-likeness (QED) is 0.771. The predicted octanol–water partition coefficient (Wildman–Crippen LogP) is 3.11. The van der Waals surface area contributed by atoms with Crippen molar-refractivity contribution in [3.8, 4) is 0 Å². The predicted molar refractivity (Wildman–Crippen MR) is 72.4 cm³/mol. The number of aromatic nitrogens is 2. The zero-order valence-electron chi connectivity index (χ0n) is 10.9. The van der Waals surface area contributed by atoms with E-state index in [9.17, 15) is 0 Å². The monoisotopic (exact) mass is 265 g/mol. The van der Waals surface area contributed by atoms with Gasteiger partial charge in [0.1, 0.15) is 0 Å². The van der Waals surface area contributed by atoms with Gasteiger partial charge in [0.25, 0.3) is 0 Å². The highest BCUT2D eigenvalue weighted by Gasteiger charge is 2.11. The Morgan fingerprint density at radius 1 is 1.33 bits per heavy atom. The first-order valence-corrected chi connectivity index (χ1v) is 7.26. The summed E-state index contributed by atoms with van der Waals surface area (Å²) in [7, 11) is 0. The van der Waals surface area contributed by atoms with Crippen LogP contribution < -0.4 is 0 Å². The molecule has 0 aliphatic carbocycles. The molecule has 0 aliphatic heterocycles. The third kappa shape index (κ3) is 3.65. The highest BCUT2D eigenvalue weighted by Crippen LogP contribution is 2.13. The summed E-state index contributed by atoms with van der Waals surface area (Å²) in [5, 5.41) is 6.09. The summed E-state index contributed by atoms with van der Waals surface area (Å²) in [6.45, 7) is 6.91. The van der Waals surface area contributed by atoms with Crippen molar-refractivity contribution in [2.45, 2.75) is 39.8 Å². The van der Waals surface area contributed by atoms with Crippen LogP contribution in [0.2, 0.25) is 0 Å². The first kappa shape index (κ1) is 13.2. The molecular weight excluding hydrogens is 246 g/mol. The van der Waals surface area contributed by atoms with Gasteiger partial charge >= 0.3 is 0 Å². The molecule has 18 heavy (non-hydrogen) atoms. The second kappa shape index (κ2) is 6.66. The third-order valence-corrected chi connectivity index (χ3v) is 3.61. The molecule has 0 aliphatic rings. The molecule has 0 aromatic carbocycles. The van der Waals surface area contributed by atoms with Crippen LogP contribution in [0.5, 0.6) is 0 Å². The average Bonchev–Trinajstić information content (AvgIpc) is 3.01. The van der Waals surface area contributed by atoms with E-state index in [4.69, 9.17) is 4.52 Å². The second-order valence-electron chi connectivity index (χ2n) is 4.24. The standard InChI is InChI=1S/C13H19N3OS/c1-3-6-12-14-13(17-15-12)10-16(4-2)9-11-7-5-8-18-11/h5,7-8H,3-4,6,9-10H2,1-2H3. The molecule has 0 spiro atoms. The Morgan fingerprint density at radius 2 is 2.22 bits per heavy atom. The van der Waals surface area contributed by atoms with E-state index >= 15 is 0 Å². The van der Waals surface area contributed by atoms with Crippen LogP contribution in [0.25, 0.3) is 0 Å². The Bertz CT molecular complexity index is 453. The fourth-order valence-electron chi connectivity index (χ4n) is 1.77. The van der Waals surface area contributed by atoms with Crippen LogP contribution in [0, 0.1) is 0 Å². The smallest absolute Gasteiger partial charge is 0.240 e. The van der Waals surface area contributed by atoms with Gasteiger partial charge in [-0.2, -0.15) is 4.98 Å². The van der Waals surface area contributed by atoms with Crippen LogP contribution in [0.4, 0.5) is 0 Å². The van der Waals surface area contributed by atoms with Gasteiger partial charge in [-0.15, -0.1) is 11.3 Å². The van der Waals surface area contributed by atoms with E-state index in [0.29, 0.717) is 0 Å². The fourth-order valence-corrected chi connectivity index (χ4v) is 2.52. The van der Waals surface area contributed by atoms with Crippen LogP contribution in [-0.2, 0) is 19.5 Å². The molecule has 98 valence electrons. The largest absolute Gasteiger partial charge is 0.338 e. The first-order chi connectivity index (χ1) is 8.81. The zero-order chi connectivity index (χ0) is 12.8. The van der Waals surface area contributed by atoms with Gasteiger partial charge in [-0.05, 0) is 24.4 Å². The Kier molecular flexibility index (Phi) is 4.90. The van der Waals surface area contributed by atoms with Gasteiger partial charge in [0.2, 0.25) is 5.89 Å². The van der Waals surface area contributed by atoms with Gasteiger partial charge in [-0.3, -0.25) is 4.90 Å². The van der Waals surface area contributed by atoms with E-state index in [2.05, 4.69) is 46.4 Å². The number of rotatable bonds is 7. The van der Waals surface area contributed by atoms with Gasteiger partial charge in [0.05, 0.1) is 6.54 Å². The first-order valence-electron chi connectivity index (χ1n) is 6.38. The summed E-state index contributed by atoms with van der Waals surface area (Å²) in [5.41, 5.74) is 0. The lowest BCUT2D eigenvalue weighted by atomic mass is 10.3. The SMILES string of the molecule is CCCc1noc(CN(CC)Cc2cccs2)n1. The van der Waals surface area contributed by atoms with Crippen molar-refractivity contribution in [2.24, 2.45) is 0 Å².